The van der Waals surface area contributed by atoms with Gasteiger partial charge in [0.25, 0.3) is 0 Å². The lowest BCUT2D eigenvalue weighted by Crippen LogP contribution is -2.23. The summed E-state index contributed by atoms with van der Waals surface area (Å²) in [7, 11) is 0. The van der Waals surface area contributed by atoms with E-state index in [1.165, 1.54) is 0 Å². The van der Waals surface area contributed by atoms with Gasteiger partial charge >= 0.3 is 0 Å². The van der Waals surface area contributed by atoms with Gasteiger partial charge in [0.05, 0.1) is 23.9 Å². The maximum Gasteiger partial charge on any atom is 0.0961 e. The summed E-state index contributed by atoms with van der Waals surface area (Å²) in [5, 5.41) is 3.20. The van der Waals surface area contributed by atoms with Crippen LogP contribution < -0.4 is 5.32 Å². The molecular weight excluding hydrogens is 198 g/mol. The van der Waals surface area contributed by atoms with Crippen LogP contribution in [0, 0.1) is 12.3 Å². The van der Waals surface area contributed by atoms with Gasteiger partial charge in [0, 0.05) is 12.6 Å². The smallest absolute Gasteiger partial charge is 0.0961 e. The van der Waals surface area contributed by atoms with Crippen molar-refractivity contribution in [2.24, 2.45) is 0 Å². The van der Waals surface area contributed by atoms with Gasteiger partial charge in [-0.3, -0.25) is 0 Å². The fraction of sp³-hybridized carbons (Fsp3) is 0.308. The van der Waals surface area contributed by atoms with Gasteiger partial charge in [-0.05, 0) is 19.1 Å². The Hall–Kier alpha value is -1.79. The molecule has 16 heavy (non-hydrogen) atoms. The van der Waals surface area contributed by atoms with Crippen LogP contribution in [-0.2, 0) is 0 Å². The van der Waals surface area contributed by atoms with E-state index in [4.69, 9.17) is 6.42 Å². The fourth-order valence-electron chi connectivity index (χ4n) is 1.78. The highest BCUT2D eigenvalue weighted by atomic mass is 15.1. The summed E-state index contributed by atoms with van der Waals surface area (Å²) in [4.78, 5) is 4.36. The molecule has 0 amide bonds. The zero-order chi connectivity index (χ0) is 11.4. The lowest BCUT2D eigenvalue weighted by molar-refractivity contribution is 0.520. The maximum atomic E-state index is 5.19. The van der Waals surface area contributed by atoms with E-state index in [1.807, 2.05) is 24.5 Å². The van der Waals surface area contributed by atoms with Crippen molar-refractivity contribution in [1.82, 2.24) is 14.9 Å². The number of aromatic nitrogens is 2. The maximum absolute atomic E-state index is 5.19. The van der Waals surface area contributed by atoms with Crippen LogP contribution in [-0.4, -0.2) is 22.6 Å². The molecule has 0 saturated heterocycles. The minimum atomic E-state index is 0.348. The SMILES string of the molecule is C#CCNCC(C)n1cnc2ccccc21. The second-order valence-electron chi connectivity index (χ2n) is 3.82. The quantitative estimate of drug-likeness (QED) is 0.620. The molecule has 0 aliphatic carbocycles. The van der Waals surface area contributed by atoms with Gasteiger partial charge in [-0.2, -0.15) is 0 Å². The Bertz CT molecular complexity index is 507. The predicted molar refractivity (Wildman–Crippen MR) is 66.1 cm³/mol. The Labute approximate surface area is 95.5 Å². The van der Waals surface area contributed by atoms with Crippen LogP contribution in [0.1, 0.15) is 13.0 Å². The monoisotopic (exact) mass is 213 g/mol. The summed E-state index contributed by atoms with van der Waals surface area (Å²) >= 11 is 0. The highest BCUT2D eigenvalue weighted by Crippen LogP contribution is 2.16. The van der Waals surface area contributed by atoms with Crippen molar-refractivity contribution in [2.45, 2.75) is 13.0 Å². The topological polar surface area (TPSA) is 29.9 Å². The molecule has 0 aliphatic heterocycles. The zero-order valence-corrected chi connectivity index (χ0v) is 9.35. The zero-order valence-electron chi connectivity index (χ0n) is 9.35. The van der Waals surface area contributed by atoms with Crippen LogP contribution in [0.15, 0.2) is 30.6 Å². The van der Waals surface area contributed by atoms with Crippen LogP contribution >= 0.6 is 0 Å². The number of fused-ring (bicyclic) bond motifs is 1. The van der Waals surface area contributed by atoms with Crippen LogP contribution in [0.4, 0.5) is 0 Å². The van der Waals surface area contributed by atoms with Crippen molar-refractivity contribution in [1.29, 1.82) is 0 Å². The normalized spacial score (nSPS) is 12.5. The third-order valence-electron chi connectivity index (χ3n) is 2.62. The molecule has 0 bridgehead atoms. The molecule has 0 saturated carbocycles. The summed E-state index contributed by atoms with van der Waals surface area (Å²) in [6.07, 6.45) is 7.07. The highest BCUT2D eigenvalue weighted by molar-refractivity contribution is 5.75. The van der Waals surface area contributed by atoms with E-state index in [9.17, 15) is 0 Å². The van der Waals surface area contributed by atoms with E-state index in [2.05, 4.69) is 33.8 Å². The summed E-state index contributed by atoms with van der Waals surface area (Å²) in [5.41, 5.74) is 2.20. The molecule has 1 aromatic heterocycles. The van der Waals surface area contributed by atoms with Crippen molar-refractivity contribution in [3.05, 3.63) is 30.6 Å². The van der Waals surface area contributed by atoms with Gasteiger partial charge in [-0.15, -0.1) is 6.42 Å². The molecule has 2 aromatic rings. The average molecular weight is 213 g/mol. The first-order chi connectivity index (χ1) is 7.83. The molecule has 3 heteroatoms. The number of para-hydroxylation sites is 2. The van der Waals surface area contributed by atoms with Gasteiger partial charge in [0.1, 0.15) is 0 Å². The Kier molecular flexibility index (Phi) is 3.23. The number of terminal acetylenes is 1. The van der Waals surface area contributed by atoms with Crippen molar-refractivity contribution >= 4 is 11.0 Å². The first kappa shape index (κ1) is 10.7. The van der Waals surface area contributed by atoms with E-state index < -0.39 is 0 Å². The van der Waals surface area contributed by atoms with E-state index >= 15 is 0 Å². The largest absolute Gasteiger partial charge is 0.326 e. The molecule has 82 valence electrons. The van der Waals surface area contributed by atoms with Crippen molar-refractivity contribution in [3.63, 3.8) is 0 Å². The second kappa shape index (κ2) is 4.82. The molecule has 2 rings (SSSR count). The first-order valence-electron chi connectivity index (χ1n) is 5.38. The molecular formula is C13H15N3. The van der Waals surface area contributed by atoms with Crippen LogP contribution in [0.5, 0.6) is 0 Å². The minimum Gasteiger partial charge on any atom is -0.326 e. The van der Waals surface area contributed by atoms with Crippen LogP contribution in [0.2, 0.25) is 0 Å². The standard InChI is InChI=1S/C13H15N3/c1-3-8-14-9-11(2)16-10-15-12-6-4-5-7-13(12)16/h1,4-7,10-11,14H,8-9H2,2H3. The van der Waals surface area contributed by atoms with Gasteiger partial charge in [-0.1, -0.05) is 18.1 Å². The number of imidazole rings is 1. The molecule has 1 heterocycles. The summed E-state index contributed by atoms with van der Waals surface area (Å²) in [5.74, 6) is 2.57. The summed E-state index contributed by atoms with van der Waals surface area (Å²) in [6.45, 7) is 3.61. The van der Waals surface area contributed by atoms with E-state index in [-0.39, 0.29) is 0 Å². The highest BCUT2D eigenvalue weighted by Gasteiger charge is 2.07. The minimum absolute atomic E-state index is 0.348. The van der Waals surface area contributed by atoms with E-state index in [1.54, 1.807) is 0 Å². The summed E-state index contributed by atoms with van der Waals surface area (Å²) < 4.78 is 2.17. The van der Waals surface area contributed by atoms with E-state index in [0.29, 0.717) is 12.6 Å². The number of benzene rings is 1. The van der Waals surface area contributed by atoms with Gasteiger partial charge in [0.2, 0.25) is 0 Å². The second-order valence-corrected chi connectivity index (χ2v) is 3.82. The van der Waals surface area contributed by atoms with Gasteiger partial charge in [-0.25, -0.2) is 4.98 Å². The van der Waals surface area contributed by atoms with Crippen molar-refractivity contribution in [3.8, 4) is 12.3 Å². The molecule has 1 aromatic carbocycles. The third-order valence-corrected chi connectivity index (χ3v) is 2.62. The summed E-state index contributed by atoms with van der Waals surface area (Å²) in [6, 6.07) is 8.48. The molecule has 0 aliphatic rings. The molecule has 1 N–H and O–H groups in total. The Morgan fingerprint density at radius 2 is 2.31 bits per heavy atom. The number of nitrogens with one attached hydrogen (secondary N) is 1. The molecule has 3 nitrogen and oxygen atoms in total. The van der Waals surface area contributed by atoms with Crippen LogP contribution in [0.3, 0.4) is 0 Å². The Balaban J connectivity index is 2.17. The third kappa shape index (κ3) is 2.07. The van der Waals surface area contributed by atoms with Gasteiger partial charge < -0.3 is 9.88 Å². The number of hydrogen-bond donors (Lipinski definition) is 1. The molecule has 1 unspecified atom stereocenters. The Morgan fingerprint density at radius 3 is 3.12 bits per heavy atom. The molecule has 0 fully saturated rings. The number of hydrogen-bond acceptors (Lipinski definition) is 2. The lowest BCUT2D eigenvalue weighted by atomic mass is 10.2. The Morgan fingerprint density at radius 1 is 1.50 bits per heavy atom. The molecule has 1 atom stereocenters. The van der Waals surface area contributed by atoms with Gasteiger partial charge in [0.15, 0.2) is 0 Å². The number of nitrogens with zero attached hydrogens (tertiary/aromatic N) is 2. The fourth-order valence-corrected chi connectivity index (χ4v) is 1.78. The van der Waals surface area contributed by atoms with E-state index in [0.717, 1.165) is 17.6 Å². The van der Waals surface area contributed by atoms with Crippen LogP contribution in [0.25, 0.3) is 11.0 Å². The lowest BCUT2D eigenvalue weighted by Gasteiger charge is -2.14. The first-order valence-corrected chi connectivity index (χ1v) is 5.38. The van der Waals surface area contributed by atoms with Crippen molar-refractivity contribution < 1.29 is 0 Å². The molecule has 0 spiro atoms. The number of rotatable bonds is 4. The van der Waals surface area contributed by atoms with Crippen molar-refractivity contribution in [2.75, 3.05) is 13.1 Å². The predicted octanol–water partition coefficient (Wildman–Crippen LogP) is 1.82. The average Bonchev–Trinajstić information content (AvgIpc) is 2.73. The molecule has 0 radical (unpaired) electrons.